The maximum absolute atomic E-state index is 13.8. The summed E-state index contributed by atoms with van der Waals surface area (Å²) in [6.45, 7) is 3.10. The molecule has 8 heteroatoms. The number of carbonyl (C=O) groups excluding carboxylic acids is 3. The number of hydrogen-bond donors (Lipinski definition) is 1. The van der Waals surface area contributed by atoms with E-state index in [0.29, 0.717) is 38.4 Å². The fraction of sp³-hybridized carbons (Fsp3) is 0.321. The third-order valence-electron chi connectivity index (χ3n) is 7.20. The molecule has 0 aliphatic carbocycles. The zero-order valence-corrected chi connectivity index (χ0v) is 20.3. The lowest BCUT2D eigenvalue weighted by Crippen LogP contribution is -2.57. The van der Waals surface area contributed by atoms with Gasteiger partial charge in [-0.2, -0.15) is 0 Å². The van der Waals surface area contributed by atoms with Gasteiger partial charge in [0.1, 0.15) is 12.1 Å². The molecule has 0 radical (unpaired) electrons. The van der Waals surface area contributed by atoms with Gasteiger partial charge >= 0.3 is 0 Å². The second-order valence-corrected chi connectivity index (χ2v) is 9.41. The van der Waals surface area contributed by atoms with Gasteiger partial charge in [-0.15, -0.1) is 0 Å². The molecule has 1 aromatic heterocycles. The molecule has 1 N–H and O–H groups in total. The number of amides is 3. The highest BCUT2D eigenvalue weighted by molar-refractivity contribution is 5.97. The van der Waals surface area contributed by atoms with Crippen LogP contribution < -0.4 is 10.2 Å². The Morgan fingerprint density at radius 2 is 1.64 bits per heavy atom. The maximum atomic E-state index is 13.8. The summed E-state index contributed by atoms with van der Waals surface area (Å²) in [5.41, 5.74) is 1.14. The number of benzene rings is 2. The van der Waals surface area contributed by atoms with Crippen LogP contribution >= 0.6 is 0 Å². The maximum Gasteiger partial charge on any atom is 0.289 e. The molecule has 2 aliphatic heterocycles. The first kappa shape index (κ1) is 23.7. The zero-order chi connectivity index (χ0) is 25.1. The second-order valence-electron chi connectivity index (χ2n) is 9.41. The van der Waals surface area contributed by atoms with E-state index in [4.69, 9.17) is 4.42 Å². The topological polar surface area (TPSA) is 86.1 Å². The number of nitrogens with zero attached hydrogens (tertiary/aromatic N) is 3. The Morgan fingerprint density at radius 1 is 0.972 bits per heavy atom. The second kappa shape index (κ2) is 9.89. The smallest absolute Gasteiger partial charge is 0.289 e. The summed E-state index contributed by atoms with van der Waals surface area (Å²) in [7, 11) is 0. The molecule has 5 rings (SSSR count). The molecule has 2 aliphatic rings. The van der Waals surface area contributed by atoms with Crippen molar-refractivity contribution in [3.05, 3.63) is 90.4 Å². The van der Waals surface area contributed by atoms with Crippen molar-refractivity contribution >= 4 is 23.4 Å². The van der Waals surface area contributed by atoms with E-state index < -0.39 is 5.54 Å². The van der Waals surface area contributed by atoms with Crippen LogP contribution in [0.4, 0.5) is 5.69 Å². The van der Waals surface area contributed by atoms with Crippen molar-refractivity contribution in [1.29, 1.82) is 0 Å². The van der Waals surface area contributed by atoms with Crippen molar-refractivity contribution in [1.82, 2.24) is 15.1 Å². The van der Waals surface area contributed by atoms with E-state index in [1.165, 1.54) is 6.26 Å². The largest absolute Gasteiger partial charge is 0.459 e. The van der Waals surface area contributed by atoms with Crippen molar-refractivity contribution in [2.75, 3.05) is 31.2 Å². The molecule has 0 bridgehead atoms. The highest BCUT2D eigenvalue weighted by Gasteiger charge is 2.54. The predicted octanol–water partition coefficient (Wildman–Crippen LogP) is 3.44. The van der Waals surface area contributed by atoms with E-state index in [-0.39, 0.29) is 30.3 Å². The number of nitrogens with one attached hydrogen (secondary N) is 1. The van der Waals surface area contributed by atoms with Gasteiger partial charge in [0.15, 0.2) is 5.76 Å². The van der Waals surface area contributed by atoms with Gasteiger partial charge in [0.25, 0.3) is 11.8 Å². The summed E-state index contributed by atoms with van der Waals surface area (Å²) < 4.78 is 5.28. The Kier molecular flexibility index (Phi) is 6.50. The number of piperidine rings is 1. The summed E-state index contributed by atoms with van der Waals surface area (Å²) in [6.07, 6.45) is 2.44. The SMILES string of the molecule is CC(NC(=O)CN1CN(c2ccccc2)C2(CCN(C(=O)c3ccco3)CC2)C1=O)c1ccccc1. The van der Waals surface area contributed by atoms with Crippen molar-refractivity contribution in [2.45, 2.75) is 31.3 Å². The highest BCUT2D eigenvalue weighted by Crippen LogP contribution is 2.39. The van der Waals surface area contributed by atoms with Gasteiger partial charge in [-0.3, -0.25) is 14.4 Å². The number of para-hydroxylation sites is 1. The van der Waals surface area contributed by atoms with E-state index in [0.717, 1.165) is 11.3 Å². The minimum Gasteiger partial charge on any atom is -0.459 e. The summed E-state index contributed by atoms with van der Waals surface area (Å²) in [4.78, 5) is 45.0. The fourth-order valence-corrected chi connectivity index (χ4v) is 5.24. The Bertz CT molecular complexity index is 1200. The fourth-order valence-electron chi connectivity index (χ4n) is 5.24. The molecule has 36 heavy (non-hydrogen) atoms. The molecule has 3 heterocycles. The molecule has 3 aromatic rings. The van der Waals surface area contributed by atoms with Gasteiger partial charge in [-0.25, -0.2) is 0 Å². The third kappa shape index (κ3) is 4.46. The van der Waals surface area contributed by atoms with Crippen LogP contribution in [0, 0.1) is 0 Å². The molecule has 1 atom stereocenters. The molecule has 186 valence electrons. The monoisotopic (exact) mass is 486 g/mol. The minimum atomic E-state index is -0.799. The van der Waals surface area contributed by atoms with Crippen LogP contribution in [0.5, 0.6) is 0 Å². The summed E-state index contributed by atoms with van der Waals surface area (Å²) in [5.74, 6) is -0.138. The van der Waals surface area contributed by atoms with Crippen molar-refractivity contribution < 1.29 is 18.8 Å². The normalized spacial score (nSPS) is 17.9. The Morgan fingerprint density at radius 3 is 2.28 bits per heavy atom. The lowest BCUT2D eigenvalue weighted by molar-refractivity contribution is -0.137. The molecule has 0 saturated carbocycles. The molecule has 2 aromatic carbocycles. The summed E-state index contributed by atoms with van der Waals surface area (Å²) in [5, 5.41) is 3.01. The zero-order valence-electron chi connectivity index (χ0n) is 20.3. The van der Waals surface area contributed by atoms with E-state index in [9.17, 15) is 14.4 Å². The summed E-state index contributed by atoms with van der Waals surface area (Å²) in [6, 6.07) is 22.7. The molecule has 1 spiro atoms. The standard InChI is InChI=1S/C28H30N4O4/c1-21(22-9-4-2-5-10-22)29-25(33)19-31-20-32(23-11-6-3-7-12-23)28(27(31)35)14-16-30(17-15-28)26(34)24-13-8-18-36-24/h2-13,18,21H,14-17,19-20H2,1H3,(H,29,33). The Balaban J connectivity index is 1.32. The third-order valence-corrected chi connectivity index (χ3v) is 7.20. The Hall–Kier alpha value is -4.07. The van der Waals surface area contributed by atoms with Crippen molar-refractivity contribution in [3.8, 4) is 0 Å². The van der Waals surface area contributed by atoms with Gasteiger partial charge in [0.2, 0.25) is 5.91 Å². The van der Waals surface area contributed by atoms with Gasteiger partial charge in [-0.1, -0.05) is 48.5 Å². The molecular weight excluding hydrogens is 456 g/mol. The highest BCUT2D eigenvalue weighted by atomic mass is 16.3. The van der Waals surface area contributed by atoms with Crippen LogP contribution in [0.3, 0.4) is 0 Å². The van der Waals surface area contributed by atoms with E-state index in [1.807, 2.05) is 67.6 Å². The summed E-state index contributed by atoms with van der Waals surface area (Å²) >= 11 is 0. The van der Waals surface area contributed by atoms with E-state index >= 15 is 0 Å². The van der Waals surface area contributed by atoms with E-state index in [2.05, 4.69) is 10.2 Å². The number of carbonyl (C=O) groups is 3. The van der Waals surface area contributed by atoms with Gasteiger partial charge in [-0.05, 0) is 49.6 Å². The van der Waals surface area contributed by atoms with Crippen LogP contribution in [0.1, 0.15) is 41.9 Å². The lowest BCUT2D eigenvalue weighted by Gasteiger charge is -2.43. The van der Waals surface area contributed by atoms with Crippen LogP contribution in [0.25, 0.3) is 0 Å². The quantitative estimate of drug-likeness (QED) is 0.577. The van der Waals surface area contributed by atoms with Gasteiger partial charge in [0, 0.05) is 18.8 Å². The molecule has 8 nitrogen and oxygen atoms in total. The first-order valence-electron chi connectivity index (χ1n) is 12.3. The van der Waals surface area contributed by atoms with Crippen LogP contribution in [0.2, 0.25) is 0 Å². The van der Waals surface area contributed by atoms with Crippen LogP contribution in [0.15, 0.2) is 83.5 Å². The van der Waals surface area contributed by atoms with Crippen LogP contribution in [-0.4, -0.2) is 59.4 Å². The van der Waals surface area contributed by atoms with E-state index in [1.54, 1.807) is 21.9 Å². The number of likely N-dealkylation sites (tertiary alicyclic amines) is 1. The first-order valence-corrected chi connectivity index (χ1v) is 12.3. The average molecular weight is 487 g/mol. The molecule has 2 saturated heterocycles. The van der Waals surface area contributed by atoms with Crippen molar-refractivity contribution in [3.63, 3.8) is 0 Å². The number of hydrogen-bond acceptors (Lipinski definition) is 5. The number of anilines is 1. The van der Waals surface area contributed by atoms with Crippen LogP contribution in [-0.2, 0) is 9.59 Å². The van der Waals surface area contributed by atoms with Gasteiger partial charge < -0.3 is 24.4 Å². The van der Waals surface area contributed by atoms with Gasteiger partial charge in [0.05, 0.1) is 19.0 Å². The van der Waals surface area contributed by atoms with Crippen molar-refractivity contribution in [2.24, 2.45) is 0 Å². The Labute approximate surface area is 210 Å². The first-order chi connectivity index (χ1) is 17.5. The average Bonchev–Trinajstić information content (AvgIpc) is 3.54. The molecular formula is C28H30N4O4. The predicted molar refractivity (Wildman–Crippen MR) is 135 cm³/mol. The molecule has 1 unspecified atom stereocenters. The lowest BCUT2D eigenvalue weighted by atomic mass is 9.85. The molecule has 3 amide bonds. The minimum absolute atomic E-state index is 0.0177. The number of furan rings is 1. The molecule has 2 fully saturated rings. The number of rotatable bonds is 6.